The van der Waals surface area contributed by atoms with E-state index in [4.69, 9.17) is 23.7 Å². The SMILES string of the molecule is CC1(C)OCC([C@H]2OCC3OC(C)(C)OC32)O1. The largest absolute Gasteiger partial charge is 0.370 e. The van der Waals surface area contributed by atoms with Crippen molar-refractivity contribution in [2.75, 3.05) is 13.2 Å². The summed E-state index contributed by atoms with van der Waals surface area (Å²) in [5, 5.41) is 0. The lowest BCUT2D eigenvalue weighted by Gasteiger charge is -2.25. The summed E-state index contributed by atoms with van der Waals surface area (Å²) in [6.07, 6.45) is -0.198. The van der Waals surface area contributed by atoms with E-state index in [0.717, 1.165) is 0 Å². The molecule has 3 heterocycles. The first kappa shape index (κ1) is 11.9. The molecule has 0 saturated carbocycles. The highest BCUT2D eigenvalue weighted by Gasteiger charge is 2.54. The summed E-state index contributed by atoms with van der Waals surface area (Å²) in [6.45, 7) is 8.80. The van der Waals surface area contributed by atoms with Gasteiger partial charge in [0.2, 0.25) is 0 Å². The zero-order valence-corrected chi connectivity index (χ0v) is 10.8. The summed E-state index contributed by atoms with van der Waals surface area (Å²) in [6, 6.07) is 0. The van der Waals surface area contributed by atoms with Crippen LogP contribution < -0.4 is 0 Å². The average Bonchev–Trinajstić information content (AvgIpc) is 2.77. The van der Waals surface area contributed by atoms with Crippen molar-refractivity contribution >= 4 is 0 Å². The molecule has 3 unspecified atom stereocenters. The zero-order valence-electron chi connectivity index (χ0n) is 10.8. The molecule has 5 heteroatoms. The molecule has 0 spiro atoms. The Hall–Kier alpha value is -0.200. The number of fused-ring (bicyclic) bond motifs is 1. The summed E-state index contributed by atoms with van der Waals surface area (Å²) in [7, 11) is 0. The maximum absolute atomic E-state index is 5.88. The quantitative estimate of drug-likeness (QED) is 0.690. The molecule has 0 aromatic heterocycles. The van der Waals surface area contributed by atoms with Gasteiger partial charge < -0.3 is 23.7 Å². The van der Waals surface area contributed by atoms with E-state index in [1.54, 1.807) is 0 Å². The molecule has 0 amide bonds. The highest BCUT2D eigenvalue weighted by Crippen LogP contribution is 2.39. The van der Waals surface area contributed by atoms with E-state index in [1.807, 2.05) is 27.7 Å². The first-order valence-corrected chi connectivity index (χ1v) is 6.15. The molecule has 98 valence electrons. The fourth-order valence-corrected chi connectivity index (χ4v) is 2.77. The second-order valence-electron chi connectivity index (χ2n) is 5.80. The minimum absolute atomic E-state index is 0.0160. The number of ether oxygens (including phenoxy) is 5. The summed E-state index contributed by atoms with van der Waals surface area (Å²) in [4.78, 5) is 0. The molecule has 0 aliphatic carbocycles. The molecule has 3 aliphatic rings. The molecular weight excluding hydrogens is 224 g/mol. The van der Waals surface area contributed by atoms with Gasteiger partial charge in [-0.15, -0.1) is 0 Å². The van der Waals surface area contributed by atoms with E-state index >= 15 is 0 Å². The van der Waals surface area contributed by atoms with Crippen molar-refractivity contribution in [3.8, 4) is 0 Å². The molecule has 0 aromatic carbocycles. The van der Waals surface area contributed by atoms with Gasteiger partial charge in [0.05, 0.1) is 13.2 Å². The third-order valence-corrected chi connectivity index (χ3v) is 3.40. The van der Waals surface area contributed by atoms with Gasteiger partial charge in [-0.1, -0.05) is 0 Å². The molecule has 0 N–H and O–H groups in total. The lowest BCUT2D eigenvalue weighted by molar-refractivity contribution is -0.195. The number of hydrogen-bond donors (Lipinski definition) is 0. The predicted molar refractivity (Wildman–Crippen MR) is 58.5 cm³/mol. The Bertz CT molecular complexity index is 314. The van der Waals surface area contributed by atoms with Crippen molar-refractivity contribution in [1.29, 1.82) is 0 Å². The van der Waals surface area contributed by atoms with Crippen molar-refractivity contribution in [3.05, 3.63) is 0 Å². The number of rotatable bonds is 1. The lowest BCUT2D eigenvalue weighted by atomic mass is 10.1. The molecule has 0 aromatic rings. The van der Waals surface area contributed by atoms with Crippen LogP contribution in [0.4, 0.5) is 0 Å². The maximum atomic E-state index is 5.88. The van der Waals surface area contributed by atoms with Gasteiger partial charge in [-0.25, -0.2) is 0 Å². The summed E-state index contributed by atoms with van der Waals surface area (Å²) < 4.78 is 28.8. The first-order valence-electron chi connectivity index (χ1n) is 6.15. The van der Waals surface area contributed by atoms with Crippen LogP contribution in [0.1, 0.15) is 27.7 Å². The standard InChI is InChI=1S/C12H20O5/c1-11(2)14-6-8(15-11)9-10-7(5-13-9)16-12(3,4)17-10/h7-10H,5-6H2,1-4H3/t7?,8?,9-,10?/m1/s1. The highest BCUT2D eigenvalue weighted by atomic mass is 16.8. The molecule has 4 atom stereocenters. The monoisotopic (exact) mass is 244 g/mol. The Kier molecular flexibility index (Phi) is 2.55. The molecular formula is C12H20O5. The second kappa shape index (κ2) is 3.65. The first-order chi connectivity index (χ1) is 7.86. The van der Waals surface area contributed by atoms with Gasteiger partial charge in [-0.3, -0.25) is 0 Å². The predicted octanol–water partition coefficient (Wildman–Crippen LogP) is 1.06. The van der Waals surface area contributed by atoms with Crippen LogP contribution in [0.25, 0.3) is 0 Å². The lowest BCUT2D eigenvalue weighted by Crippen LogP contribution is -2.40. The van der Waals surface area contributed by atoms with Crippen molar-refractivity contribution in [2.24, 2.45) is 0 Å². The minimum atomic E-state index is -0.527. The summed E-state index contributed by atoms with van der Waals surface area (Å²) in [5.74, 6) is -1.05. The van der Waals surface area contributed by atoms with Gasteiger partial charge in [0.15, 0.2) is 11.6 Å². The van der Waals surface area contributed by atoms with Crippen LogP contribution in [0.3, 0.4) is 0 Å². The van der Waals surface area contributed by atoms with E-state index in [-0.39, 0.29) is 24.4 Å². The van der Waals surface area contributed by atoms with Gasteiger partial charge in [-0.2, -0.15) is 0 Å². The summed E-state index contributed by atoms with van der Waals surface area (Å²) in [5.41, 5.74) is 0. The molecule has 3 rings (SSSR count). The third-order valence-electron chi connectivity index (χ3n) is 3.40. The van der Waals surface area contributed by atoms with Gasteiger partial charge in [0.1, 0.15) is 24.4 Å². The fraction of sp³-hybridized carbons (Fsp3) is 1.00. The Morgan fingerprint density at radius 2 is 1.41 bits per heavy atom. The van der Waals surface area contributed by atoms with Gasteiger partial charge in [0, 0.05) is 0 Å². The maximum Gasteiger partial charge on any atom is 0.164 e. The van der Waals surface area contributed by atoms with Crippen molar-refractivity contribution in [3.63, 3.8) is 0 Å². The van der Waals surface area contributed by atoms with E-state index in [9.17, 15) is 0 Å². The smallest absolute Gasteiger partial charge is 0.164 e. The van der Waals surface area contributed by atoms with Gasteiger partial charge in [0.25, 0.3) is 0 Å². The molecule has 0 radical (unpaired) electrons. The Labute approximate surface area is 101 Å². The van der Waals surface area contributed by atoms with Crippen LogP contribution in [0.5, 0.6) is 0 Å². The second-order valence-corrected chi connectivity index (χ2v) is 5.80. The van der Waals surface area contributed by atoms with Crippen LogP contribution in [-0.2, 0) is 23.7 Å². The van der Waals surface area contributed by atoms with Crippen molar-refractivity contribution in [1.82, 2.24) is 0 Å². The molecule has 0 bridgehead atoms. The van der Waals surface area contributed by atoms with E-state index < -0.39 is 11.6 Å². The zero-order chi connectivity index (χ0) is 12.3. The molecule has 3 fully saturated rings. The number of hydrogen-bond acceptors (Lipinski definition) is 5. The van der Waals surface area contributed by atoms with E-state index in [1.165, 1.54) is 0 Å². The molecule has 3 saturated heterocycles. The summed E-state index contributed by atoms with van der Waals surface area (Å²) >= 11 is 0. The Morgan fingerprint density at radius 3 is 2.06 bits per heavy atom. The van der Waals surface area contributed by atoms with E-state index in [0.29, 0.717) is 13.2 Å². The Morgan fingerprint density at radius 1 is 0.765 bits per heavy atom. The molecule has 17 heavy (non-hydrogen) atoms. The highest BCUT2D eigenvalue weighted by molar-refractivity contribution is 4.97. The van der Waals surface area contributed by atoms with Crippen LogP contribution in [0.15, 0.2) is 0 Å². The van der Waals surface area contributed by atoms with Gasteiger partial charge in [-0.05, 0) is 27.7 Å². The van der Waals surface area contributed by atoms with E-state index in [2.05, 4.69) is 0 Å². The van der Waals surface area contributed by atoms with Gasteiger partial charge >= 0.3 is 0 Å². The average molecular weight is 244 g/mol. The Balaban J connectivity index is 1.70. The third kappa shape index (κ3) is 2.11. The van der Waals surface area contributed by atoms with Crippen molar-refractivity contribution < 1.29 is 23.7 Å². The van der Waals surface area contributed by atoms with Crippen molar-refractivity contribution in [2.45, 2.75) is 63.7 Å². The van der Waals surface area contributed by atoms with Crippen LogP contribution in [-0.4, -0.2) is 49.2 Å². The van der Waals surface area contributed by atoms with Crippen LogP contribution in [0, 0.1) is 0 Å². The van der Waals surface area contributed by atoms with Crippen LogP contribution >= 0.6 is 0 Å². The normalized spacial score (nSPS) is 47.3. The fourth-order valence-electron chi connectivity index (χ4n) is 2.77. The molecule has 3 aliphatic heterocycles. The van der Waals surface area contributed by atoms with Crippen LogP contribution in [0.2, 0.25) is 0 Å². The topological polar surface area (TPSA) is 46.2 Å². The minimum Gasteiger partial charge on any atom is -0.370 e. The molecule has 5 nitrogen and oxygen atoms in total.